The summed E-state index contributed by atoms with van der Waals surface area (Å²) in [6.45, 7) is 5.05. The second-order valence-corrected chi connectivity index (χ2v) is 9.85. The summed E-state index contributed by atoms with van der Waals surface area (Å²) in [4.78, 5) is 38.8. The molecule has 38 heavy (non-hydrogen) atoms. The van der Waals surface area contributed by atoms with Crippen LogP contribution >= 0.6 is 0 Å². The number of imidazole rings is 1. The van der Waals surface area contributed by atoms with E-state index >= 15 is 4.39 Å². The Morgan fingerprint density at radius 3 is 2.58 bits per heavy atom. The van der Waals surface area contributed by atoms with Gasteiger partial charge in [0.25, 0.3) is 11.7 Å². The molecule has 0 spiro atoms. The van der Waals surface area contributed by atoms with Crippen LogP contribution < -0.4 is 0 Å². The summed E-state index contributed by atoms with van der Waals surface area (Å²) in [5.74, 6) is -1.19. The lowest BCUT2D eigenvalue weighted by Crippen LogP contribution is -2.38. The highest BCUT2D eigenvalue weighted by atomic mass is 19.1. The molecule has 2 aromatic carbocycles. The third-order valence-electron chi connectivity index (χ3n) is 5.82. The third kappa shape index (κ3) is 5.06. The highest BCUT2D eigenvalue weighted by Crippen LogP contribution is 2.23. The van der Waals surface area contributed by atoms with Crippen LogP contribution in [0.1, 0.15) is 42.4 Å². The Morgan fingerprint density at radius 1 is 1.03 bits per heavy atom. The van der Waals surface area contributed by atoms with E-state index in [1.165, 1.54) is 25.4 Å². The van der Waals surface area contributed by atoms with Gasteiger partial charge in [-0.2, -0.15) is 5.10 Å². The predicted molar refractivity (Wildman–Crippen MR) is 139 cm³/mol. The molecule has 0 radical (unpaired) electrons. The molecule has 0 unspecified atom stereocenters. The summed E-state index contributed by atoms with van der Waals surface area (Å²) in [7, 11) is 1.25. The standard InChI is InChI=1S/C28H25FN6O3/c1-28(2,3)38-27(37)34(4)25(36)21-9-8-19(14-22(21)29)24-16-32-26-31-15-20(35(26)33-24)13-17-7-10-23-18(12-17)6-5-11-30-23/h5-12,14-16H,13H2,1-4H3. The number of carbonyl (C=O) groups is 2. The zero-order valence-electron chi connectivity index (χ0n) is 21.3. The Bertz CT molecular complexity index is 1690. The van der Waals surface area contributed by atoms with Crippen molar-refractivity contribution >= 4 is 28.7 Å². The fourth-order valence-corrected chi connectivity index (χ4v) is 3.96. The summed E-state index contributed by atoms with van der Waals surface area (Å²) in [6, 6.07) is 14.0. The first kappa shape index (κ1) is 24.9. The summed E-state index contributed by atoms with van der Waals surface area (Å²) >= 11 is 0. The lowest BCUT2D eigenvalue weighted by molar-refractivity contribution is 0.0283. The van der Waals surface area contributed by atoms with Gasteiger partial charge in [0.05, 0.1) is 29.2 Å². The largest absolute Gasteiger partial charge is 0.443 e. The minimum absolute atomic E-state index is 0.259. The van der Waals surface area contributed by atoms with E-state index in [0.29, 0.717) is 23.5 Å². The summed E-state index contributed by atoms with van der Waals surface area (Å²) in [5, 5.41) is 5.66. The number of carbonyl (C=O) groups excluding carboxylic acids is 2. The molecular weight excluding hydrogens is 487 g/mol. The second kappa shape index (κ2) is 9.62. The fourth-order valence-electron chi connectivity index (χ4n) is 3.96. The van der Waals surface area contributed by atoms with E-state index < -0.39 is 23.4 Å². The molecule has 0 saturated heterocycles. The molecule has 0 fully saturated rings. The van der Waals surface area contributed by atoms with Crippen molar-refractivity contribution in [1.29, 1.82) is 0 Å². The summed E-state index contributed by atoms with van der Waals surface area (Å²) < 4.78 is 21.8. The van der Waals surface area contributed by atoms with Crippen LogP contribution in [0.4, 0.5) is 9.18 Å². The van der Waals surface area contributed by atoms with Crippen LogP contribution in [0.5, 0.6) is 0 Å². The molecule has 0 aliphatic carbocycles. The second-order valence-electron chi connectivity index (χ2n) is 9.85. The van der Waals surface area contributed by atoms with Gasteiger partial charge in [-0.3, -0.25) is 9.78 Å². The predicted octanol–water partition coefficient (Wildman–Crippen LogP) is 5.08. The Morgan fingerprint density at radius 2 is 1.82 bits per heavy atom. The number of aromatic nitrogens is 5. The SMILES string of the molecule is CN(C(=O)OC(C)(C)C)C(=O)c1ccc(-c2cnc3ncc(Cc4ccc5ncccc5c4)n3n2)cc1F. The first-order valence-electron chi connectivity index (χ1n) is 11.9. The van der Waals surface area contributed by atoms with E-state index in [1.54, 1.807) is 43.7 Å². The Kier molecular flexibility index (Phi) is 6.31. The molecule has 0 N–H and O–H groups in total. The van der Waals surface area contributed by atoms with E-state index in [0.717, 1.165) is 27.1 Å². The smallest absolute Gasteiger partial charge is 0.417 e. The molecule has 5 rings (SSSR count). The molecule has 0 aliphatic heterocycles. The first-order chi connectivity index (χ1) is 18.1. The van der Waals surface area contributed by atoms with Crippen LogP contribution in [-0.2, 0) is 11.2 Å². The molecule has 5 aromatic rings. The highest BCUT2D eigenvalue weighted by Gasteiger charge is 2.26. The molecule has 192 valence electrons. The van der Waals surface area contributed by atoms with Crippen LogP contribution in [0.2, 0.25) is 0 Å². The summed E-state index contributed by atoms with van der Waals surface area (Å²) in [6.07, 6.45) is 4.66. The Hall–Kier alpha value is -4.73. The van der Waals surface area contributed by atoms with Crippen LogP contribution in [0.15, 0.2) is 67.1 Å². The average Bonchev–Trinajstić information content (AvgIpc) is 3.28. The number of fused-ring (bicyclic) bond motifs is 2. The van der Waals surface area contributed by atoms with Gasteiger partial charge in [-0.15, -0.1) is 0 Å². The van der Waals surface area contributed by atoms with Crippen LogP contribution in [-0.4, -0.2) is 54.1 Å². The van der Waals surface area contributed by atoms with Crippen molar-refractivity contribution in [2.75, 3.05) is 7.05 Å². The van der Waals surface area contributed by atoms with Crippen LogP contribution in [0, 0.1) is 5.82 Å². The van der Waals surface area contributed by atoms with Crippen molar-refractivity contribution in [3.8, 4) is 11.3 Å². The van der Waals surface area contributed by atoms with E-state index in [9.17, 15) is 9.59 Å². The number of benzene rings is 2. The van der Waals surface area contributed by atoms with Crippen molar-refractivity contribution in [3.05, 3.63) is 89.8 Å². The van der Waals surface area contributed by atoms with Crippen molar-refractivity contribution in [2.45, 2.75) is 32.8 Å². The lowest BCUT2D eigenvalue weighted by atomic mass is 10.1. The first-order valence-corrected chi connectivity index (χ1v) is 11.9. The summed E-state index contributed by atoms with van der Waals surface area (Å²) in [5.41, 5.74) is 2.56. The van der Waals surface area contributed by atoms with E-state index in [1.807, 2.05) is 24.3 Å². The molecule has 0 atom stereocenters. The Labute approximate surface area is 217 Å². The molecule has 3 heterocycles. The number of imide groups is 1. The molecule has 9 nitrogen and oxygen atoms in total. The monoisotopic (exact) mass is 512 g/mol. The molecular formula is C28H25FN6O3. The normalized spacial score (nSPS) is 11.6. The van der Waals surface area contributed by atoms with Crippen molar-refractivity contribution < 1.29 is 18.7 Å². The van der Waals surface area contributed by atoms with Gasteiger partial charge in [-0.25, -0.2) is 28.6 Å². The third-order valence-corrected chi connectivity index (χ3v) is 5.82. The number of hydrogen-bond donors (Lipinski definition) is 0. The van der Waals surface area contributed by atoms with Gasteiger partial charge < -0.3 is 4.74 Å². The molecule has 3 aromatic heterocycles. The minimum Gasteiger partial charge on any atom is -0.443 e. The quantitative estimate of drug-likeness (QED) is 0.331. The van der Waals surface area contributed by atoms with Crippen molar-refractivity contribution in [2.24, 2.45) is 0 Å². The van der Waals surface area contributed by atoms with Gasteiger partial charge in [0.1, 0.15) is 17.1 Å². The van der Waals surface area contributed by atoms with Gasteiger partial charge in [0.2, 0.25) is 0 Å². The zero-order chi connectivity index (χ0) is 27.0. The number of halogens is 1. The van der Waals surface area contributed by atoms with E-state index in [4.69, 9.17) is 4.74 Å². The van der Waals surface area contributed by atoms with Crippen molar-refractivity contribution in [3.63, 3.8) is 0 Å². The van der Waals surface area contributed by atoms with Crippen LogP contribution in [0.3, 0.4) is 0 Å². The van der Waals surface area contributed by atoms with Crippen LogP contribution in [0.25, 0.3) is 27.9 Å². The van der Waals surface area contributed by atoms with Gasteiger partial charge in [0, 0.05) is 30.6 Å². The van der Waals surface area contributed by atoms with Gasteiger partial charge in [-0.1, -0.05) is 18.2 Å². The molecule has 10 heteroatoms. The lowest BCUT2D eigenvalue weighted by Gasteiger charge is -2.23. The molecule has 2 amide bonds. The minimum atomic E-state index is -0.863. The number of ether oxygens (including phenoxy) is 1. The number of pyridine rings is 1. The van der Waals surface area contributed by atoms with E-state index in [2.05, 4.69) is 26.1 Å². The molecule has 0 aliphatic rings. The maximum Gasteiger partial charge on any atom is 0.417 e. The molecule has 0 saturated carbocycles. The maximum absolute atomic E-state index is 15.0. The number of amides is 2. The van der Waals surface area contributed by atoms with Crippen molar-refractivity contribution in [1.82, 2.24) is 29.5 Å². The van der Waals surface area contributed by atoms with Gasteiger partial charge in [0.15, 0.2) is 0 Å². The van der Waals surface area contributed by atoms with E-state index in [-0.39, 0.29) is 5.56 Å². The van der Waals surface area contributed by atoms with Gasteiger partial charge in [-0.05, 0) is 56.7 Å². The number of hydrogen-bond acceptors (Lipinski definition) is 7. The maximum atomic E-state index is 15.0. The van der Waals surface area contributed by atoms with Gasteiger partial charge >= 0.3 is 6.09 Å². The highest BCUT2D eigenvalue weighted by molar-refractivity contribution is 6.03. The zero-order valence-corrected chi connectivity index (χ0v) is 21.3. The molecule has 0 bridgehead atoms. The topological polar surface area (TPSA) is 103 Å². The number of rotatable bonds is 4. The Balaban J connectivity index is 1.41. The average molecular weight is 513 g/mol. The number of nitrogens with zero attached hydrogens (tertiary/aromatic N) is 6. The fraction of sp³-hybridized carbons (Fsp3) is 0.214.